The molecule has 0 radical (unpaired) electrons. The summed E-state index contributed by atoms with van der Waals surface area (Å²) in [5, 5.41) is 3.77. The van der Waals surface area contributed by atoms with E-state index in [1.165, 1.54) is 7.11 Å². The fraction of sp³-hybridized carbons (Fsp3) is 0.467. The number of benzene rings is 1. The van der Waals surface area contributed by atoms with Gasteiger partial charge in [-0.2, -0.15) is 0 Å². The molecule has 6 nitrogen and oxygen atoms in total. The van der Waals surface area contributed by atoms with Gasteiger partial charge in [0.1, 0.15) is 5.82 Å². The minimum absolute atomic E-state index is 0.0505. The van der Waals surface area contributed by atoms with E-state index in [9.17, 15) is 4.79 Å². The van der Waals surface area contributed by atoms with Crippen molar-refractivity contribution in [2.45, 2.75) is 32.9 Å². The predicted octanol–water partition coefficient (Wildman–Crippen LogP) is 1.83. The van der Waals surface area contributed by atoms with Crippen molar-refractivity contribution >= 4 is 10.9 Å². The van der Waals surface area contributed by atoms with Crippen LogP contribution in [0.4, 0.5) is 0 Å². The fourth-order valence-electron chi connectivity index (χ4n) is 1.95. The average molecular weight is 291 g/mol. The van der Waals surface area contributed by atoms with Crippen molar-refractivity contribution < 1.29 is 9.47 Å². The molecule has 0 fully saturated rings. The van der Waals surface area contributed by atoms with Gasteiger partial charge in [-0.15, -0.1) is 0 Å². The van der Waals surface area contributed by atoms with Gasteiger partial charge in [0, 0.05) is 11.6 Å². The van der Waals surface area contributed by atoms with Crippen LogP contribution < -0.4 is 20.3 Å². The lowest BCUT2D eigenvalue weighted by Crippen LogP contribution is -2.36. The number of nitrogens with zero attached hydrogens (tertiary/aromatic N) is 1. The molecule has 1 heterocycles. The molecule has 0 amide bonds. The molecule has 0 saturated carbocycles. The van der Waals surface area contributed by atoms with Crippen LogP contribution in [0.5, 0.6) is 11.5 Å². The van der Waals surface area contributed by atoms with E-state index in [-0.39, 0.29) is 11.1 Å². The zero-order valence-corrected chi connectivity index (χ0v) is 13.0. The Morgan fingerprint density at radius 2 is 1.81 bits per heavy atom. The van der Waals surface area contributed by atoms with Crippen LogP contribution in [0.15, 0.2) is 16.9 Å². The van der Waals surface area contributed by atoms with Crippen LogP contribution in [-0.2, 0) is 6.54 Å². The maximum Gasteiger partial charge on any atom is 0.258 e. The number of ether oxygens (including phenoxy) is 2. The summed E-state index contributed by atoms with van der Waals surface area (Å²) >= 11 is 0. The lowest BCUT2D eigenvalue weighted by molar-refractivity contribution is 0.355. The molecule has 0 aliphatic carbocycles. The Hall–Kier alpha value is -2.08. The SMILES string of the molecule is COc1cc2nc(CNC(C)(C)C)[nH]c(=O)c2cc1OC. The molecule has 1 aromatic carbocycles. The quantitative estimate of drug-likeness (QED) is 0.898. The van der Waals surface area contributed by atoms with Gasteiger partial charge in [0.25, 0.3) is 5.56 Å². The highest BCUT2D eigenvalue weighted by atomic mass is 16.5. The maximum atomic E-state index is 12.2. The topological polar surface area (TPSA) is 76.2 Å². The lowest BCUT2D eigenvalue weighted by Gasteiger charge is -2.20. The first-order valence-corrected chi connectivity index (χ1v) is 6.74. The highest BCUT2D eigenvalue weighted by molar-refractivity contribution is 5.81. The molecular formula is C15H21N3O3. The number of aromatic amines is 1. The smallest absolute Gasteiger partial charge is 0.258 e. The number of aromatic nitrogens is 2. The molecular weight excluding hydrogens is 270 g/mol. The summed E-state index contributed by atoms with van der Waals surface area (Å²) in [5.74, 6) is 1.66. The first kappa shape index (κ1) is 15.3. The zero-order chi connectivity index (χ0) is 15.6. The molecule has 0 aliphatic rings. The molecule has 2 N–H and O–H groups in total. The van der Waals surface area contributed by atoms with Crippen LogP contribution in [0.3, 0.4) is 0 Å². The Morgan fingerprint density at radius 1 is 1.19 bits per heavy atom. The Morgan fingerprint density at radius 3 is 2.38 bits per heavy atom. The Labute approximate surface area is 123 Å². The molecule has 0 unspecified atom stereocenters. The van der Waals surface area contributed by atoms with Crippen molar-refractivity contribution in [2.24, 2.45) is 0 Å². The lowest BCUT2D eigenvalue weighted by atomic mass is 10.1. The summed E-state index contributed by atoms with van der Waals surface area (Å²) in [6.45, 7) is 6.66. The van der Waals surface area contributed by atoms with Crippen LogP contribution in [0.1, 0.15) is 26.6 Å². The number of methoxy groups -OCH3 is 2. The molecule has 0 atom stereocenters. The third-order valence-corrected chi connectivity index (χ3v) is 3.05. The van der Waals surface area contributed by atoms with Gasteiger partial charge in [-0.1, -0.05) is 0 Å². The van der Waals surface area contributed by atoms with Crippen molar-refractivity contribution in [3.05, 3.63) is 28.3 Å². The van der Waals surface area contributed by atoms with Crippen LogP contribution in [0, 0.1) is 0 Å². The van der Waals surface area contributed by atoms with Crippen molar-refractivity contribution in [3.8, 4) is 11.5 Å². The molecule has 114 valence electrons. The Balaban J connectivity index is 2.47. The molecule has 1 aromatic heterocycles. The maximum absolute atomic E-state index is 12.2. The Kier molecular flexibility index (Phi) is 4.18. The highest BCUT2D eigenvalue weighted by Crippen LogP contribution is 2.29. The van der Waals surface area contributed by atoms with Crippen molar-refractivity contribution in [2.75, 3.05) is 14.2 Å². The normalized spacial score (nSPS) is 11.7. The number of fused-ring (bicyclic) bond motifs is 1. The third kappa shape index (κ3) is 3.52. The first-order chi connectivity index (χ1) is 9.84. The molecule has 0 spiro atoms. The largest absolute Gasteiger partial charge is 0.493 e. The van der Waals surface area contributed by atoms with E-state index in [4.69, 9.17) is 9.47 Å². The molecule has 0 aliphatic heterocycles. The monoisotopic (exact) mass is 291 g/mol. The average Bonchev–Trinajstić information content (AvgIpc) is 2.43. The number of nitrogens with one attached hydrogen (secondary N) is 2. The molecule has 2 aromatic rings. The molecule has 0 saturated heterocycles. The van der Waals surface area contributed by atoms with E-state index in [0.29, 0.717) is 34.8 Å². The van der Waals surface area contributed by atoms with Gasteiger partial charge in [0.05, 0.1) is 31.7 Å². The zero-order valence-electron chi connectivity index (χ0n) is 13.0. The summed E-state index contributed by atoms with van der Waals surface area (Å²) in [5.41, 5.74) is 0.347. The van der Waals surface area contributed by atoms with Gasteiger partial charge in [-0.25, -0.2) is 4.98 Å². The van der Waals surface area contributed by atoms with Gasteiger partial charge >= 0.3 is 0 Å². The van der Waals surface area contributed by atoms with Gasteiger partial charge in [0.2, 0.25) is 0 Å². The van der Waals surface area contributed by atoms with E-state index in [2.05, 4.69) is 36.1 Å². The van der Waals surface area contributed by atoms with Crippen LogP contribution in [0.2, 0.25) is 0 Å². The second-order valence-corrected chi connectivity index (χ2v) is 5.84. The second-order valence-electron chi connectivity index (χ2n) is 5.84. The number of rotatable bonds is 4. The van der Waals surface area contributed by atoms with Crippen molar-refractivity contribution in [1.82, 2.24) is 15.3 Å². The summed E-state index contributed by atoms with van der Waals surface area (Å²) in [6, 6.07) is 3.35. The third-order valence-electron chi connectivity index (χ3n) is 3.05. The van der Waals surface area contributed by atoms with Gasteiger partial charge in [-0.3, -0.25) is 4.79 Å². The van der Waals surface area contributed by atoms with Crippen molar-refractivity contribution in [3.63, 3.8) is 0 Å². The number of H-pyrrole nitrogens is 1. The Bertz CT molecular complexity index is 702. The fourth-order valence-corrected chi connectivity index (χ4v) is 1.95. The predicted molar refractivity (Wildman–Crippen MR) is 82.1 cm³/mol. The summed E-state index contributed by atoms with van der Waals surface area (Å²) in [4.78, 5) is 19.4. The highest BCUT2D eigenvalue weighted by Gasteiger charge is 2.13. The second kappa shape index (κ2) is 5.73. The molecule has 2 rings (SSSR count). The molecule has 6 heteroatoms. The van der Waals surface area contributed by atoms with Crippen molar-refractivity contribution in [1.29, 1.82) is 0 Å². The van der Waals surface area contributed by atoms with Crippen LogP contribution in [0.25, 0.3) is 10.9 Å². The van der Waals surface area contributed by atoms with Gasteiger partial charge < -0.3 is 19.8 Å². The van der Waals surface area contributed by atoms with E-state index in [1.807, 2.05) is 0 Å². The van der Waals surface area contributed by atoms with E-state index < -0.39 is 0 Å². The van der Waals surface area contributed by atoms with E-state index in [0.717, 1.165) is 0 Å². The van der Waals surface area contributed by atoms with E-state index in [1.54, 1.807) is 19.2 Å². The number of hydrogen-bond acceptors (Lipinski definition) is 5. The molecule has 0 bridgehead atoms. The first-order valence-electron chi connectivity index (χ1n) is 6.74. The van der Waals surface area contributed by atoms with Crippen LogP contribution >= 0.6 is 0 Å². The van der Waals surface area contributed by atoms with Crippen LogP contribution in [-0.4, -0.2) is 29.7 Å². The summed E-state index contributed by atoms with van der Waals surface area (Å²) in [6.07, 6.45) is 0. The summed E-state index contributed by atoms with van der Waals surface area (Å²) in [7, 11) is 3.09. The standard InChI is InChI=1S/C15H21N3O3/c1-15(2,3)16-8-13-17-10-7-12(21-5)11(20-4)6-9(10)14(19)18-13/h6-7,16H,8H2,1-5H3,(H,17,18,19). The summed E-state index contributed by atoms with van der Waals surface area (Å²) < 4.78 is 10.4. The van der Waals surface area contributed by atoms with Gasteiger partial charge in [-0.05, 0) is 26.8 Å². The minimum Gasteiger partial charge on any atom is -0.493 e. The number of hydrogen-bond donors (Lipinski definition) is 2. The molecule has 21 heavy (non-hydrogen) atoms. The van der Waals surface area contributed by atoms with E-state index >= 15 is 0 Å². The van der Waals surface area contributed by atoms with Gasteiger partial charge in [0.15, 0.2) is 11.5 Å². The minimum atomic E-state index is -0.188.